The largest absolute Gasteiger partial charge is 0.269 e. The first-order valence-corrected chi connectivity index (χ1v) is 9.94. The highest BCUT2D eigenvalue weighted by molar-refractivity contribution is 8.08. The van der Waals surface area contributed by atoms with Gasteiger partial charge in [0.05, 0.1) is 15.9 Å². The molecule has 0 amide bonds. The highest BCUT2D eigenvalue weighted by atomic mass is 32.3. The van der Waals surface area contributed by atoms with Gasteiger partial charge in [0, 0.05) is 17.0 Å². The van der Waals surface area contributed by atoms with Crippen LogP contribution >= 0.6 is 11.9 Å². The third-order valence-corrected chi connectivity index (χ3v) is 6.88. The van der Waals surface area contributed by atoms with Crippen molar-refractivity contribution in [2.24, 2.45) is 0 Å². The van der Waals surface area contributed by atoms with Crippen molar-refractivity contribution >= 4 is 38.4 Å². The number of nitriles is 1. The van der Waals surface area contributed by atoms with Crippen molar-refractivity contribution in [1.82, 2.24) is 3.71 Å². The van der Waals surface area contributed by atoms with Gasteiger partial charge in [-0.1, -0.05) is 30.3 Å². The summed E-state index contributed by atoms with van der Waals surface area (Å²) in [4.78, 5) is 10.8. The van der Waals surface area contributed by atoms with Crippen LogP contribution in [-0.4, -0.2) is 23.6 Å². The first kappa shape index (κ1) is 18.8. The van der Waals surface area contributed by atoms with E-state index in [1.807, 2.05) is 30.3 Å². The molecule has 0 N–H and O–H groups in total. The molecule has 3 aromatic carbocycles. The van der Waals surface area contributed by atoms with Gasteiger partial charge in [-0.15, -0.1) is 3.71 Å². The Balaban J connectivity index is 1.94. The molecule has 0 spiro atoms. The summed E-state index contributed by atoms with van der Waals surface area (Å²) in [6.45, 7) is -0.364. The fourth-order valence-corrected chi connectivity index (χ4v) is 4.92. The summed E-state index contributed by atoms with van der Waals surface area (Å²) in [5.41, 5.74) is -0.0939. The van der Waals surface area contributed by atoms with Crippen molar-refractivity contribution in [1.29, 1.82) is 5.26 Å². The van der Waals surface area contributed by atoms with E-state index in [1.54, 1.807) is 12.1 Å². The van der Waals surface area contributed by atoms with Gasteiger partial charge in [-0.05, 0) is 47.0 Å². The Morgan fingerprint density at radius 2 is 1.70 bits per heavy atom. The molecule has 0 saturated carbocycles. The van der Waals surface area contributed by atoms with Gasteiger partial charge in [-0.25, -0.2) is 8.42 Å². The minimum atomic E-state index is -3.94. The number of nitrogens with zero attached hydrogens (tertiary/aromatic N) is 3. The van der Waals surface area contributed by atoms with Crippen molar-refractivity contribution in [2.45, 2.75) is 9.79 Å². The zero-order chi connectivity index (χ0) is 19.4. The molecule has 136 valence electrons. The second-order valence-corrected chi connectivity index (χ2v) is 8.66. The molecule has 0 bridgehead atoms. The smallest absolute Gasteiger partial charge is 0.258 e. The average molecular weight is 399 g/mol. The molecule has 0 atom stereocenters. The third kappa shape index (κ3) is 4.09. The molecular weight excluding hydrogens is 386 g/mol. The number of nitro benzene ring substituents is 1. The van der Waals surface area contributed by atoms with Crippen LogP contribution in [0.3, 0.4) is 0 Å². The van der Waals surface area contributed by atoms with Crippen molar-refractivity contribution in [3.05, 3.63) is 76.8 Å². The van der Waals surface area contributed by atoms with E-state index in [2.05, 4.69) is 0 Å². The fourth-order valence-electron chi connectivity index (χ4n) is 2.42. The zero-order valence-electron chi connectivity index (χ0n) is 13.8. The summed E-state index contributed by atoms with van der Waals surface area (Å²) >= 11 is 0.841. The molecule has 7 nitrogen and oxygen atoms in total. The zero-order valence-corrected chi connectivity index (χ0v) is 15.5. The predicted molar refractivity (Wildman–Crippen MR) is 102 cm³/mol. The van der Waals surface area contributed by atoms with E-state index < -0.39 is 14.9 Å². The van der Waals surface area contributed by atoms with Crippen LogP contribution < -0.4 is 0 Å². The number of rotatable bonds is 6. The third-order valence-electron chi connectivity index (χ3n) is 3.74. The highest BCUT2D eigenvalue weighted by Crippen LogP contribution is 2.31. The van der Waals surface area contributed by atoms with Crippen LogP contribution in [0.1, 0.15) is 0 Å². The van der Waals surface area contributed by atoms with Gasteiger partial charge in [0.25, 0.3) is 15.7 Å². The van der Waals surface area contributed by atoms with Gasteiger partial charge in [0.1, 0.15) is 6.54 Å². The van der Waals surface area contributed by atoms with Crippen LogP contribution in [0.25, 0.3) is 10.8 Å². The average Bonchev–Trinajstić information content (AvgIpc) is 2.67. The van der Waals surface area contributed by atoms with Gasteiger partial charge in [0.15, 0.2) is 0 Å². The maximum atomic E-state index is 13.0. The molecular formula is C18H13N3O4S2. The quantitative estimate of drug-likeness (QED) is 0.269. The number of benzene rings is 3. The van der Waals surface area contributed by atoms with E-state index in [0.29, 0.717) is 4.90 Å². The summed E-state index contributed by atoms with van der Waals surface area (Å²) < 4.78 is 27.0. The van der Waals surface area contributed by atoms with Crippen LogP contribution in [-0.2, 0) is 10.0 Å². The first-order chi connectivity index (χ1) is 12.9. The summed E-state index contributed by atoms with van der Waals surface area (Å²) in [6.07, 6.45) is 0. The van der Waals surface area contributed by atoms with E-state index in [1.165, 1.54) is 30.3 Å². The number of hydrogen-bond acceptors (Lipinski definition) is 6. The Hall–Kier alpha value is -2.93. The molecule has 0 aliphatic heterocycles. The minimum absolute atomic E-state index is 0.0749. The number of fused-ring (bicyclic) bond motifs is 1. The molecule has 0 aliphatic rings. The molecule has 0 saturated heterocycles. The molecule has 3 aromatic rings. The second-order valence-electron chi connectivity index (χ2n) is 5.48. The Morgan fingerprint density at radius 1 is 1.04 bits per heavy atom. The number of nitro groups is 1. The molecule has 3 rings (SSSR count). The molecule has 9 heteroatoms. The molecule has 0 heterocycles. The lowest BCUT2D eigenvalue weighted by atomic mass is 10.1. The van der Waals surface area contributed by atoms with E-state index >= 15 is 0 Å². The van der Waals surface area contributed by atoms with E-state index in [-0.39, 0.29) is 17.1 Å². The Morgan fingerprint density at radius 3 is 2.33 bits per heavy atom. The van der Waals surface area contributed by atoms with Gasteiger partial charge in [0.2, 0.25) is 0 Å². The fraction of sp³-hybridized carbons (Fsp3) is 0.0556. The number of sulfonamides is 1. The van der Waals surface area contributed by atoms with Crippen molar-refractivity contribution in [3.63, 3.8) is 0 Å². The van der Waals surface area contributed by atoms with Gasteiger partial charge < -0.3 is 0 Å². The predicted octanol–water partition coefficient (Wildman–Crippen LogP) is 3.97. The lowest BCUT2D eigenvalue weighted by Crippen LogP contribution is -2.25. The topological polar surface area (TPSA) is 104 Å². The van der Waals surface area contributed by atoms with Gasteiger partial charge in [-0.3, -0.25) is 10.1 Å². The first-order valence-electron chi connectivity index (χ1n) is 7.73. The molecule has 27 heavy (non-hydrogen) atoms. The molecule has 0 aliphatic carbocycles. The SMILES string of the molecule is N#CCN(Sc1ccc([N+](=O)[O-])cc1)S(=O)(=O)c1ccc2ccccc2c1. The Bertz CT molecular complexity index is 1140. The van der Waals surface area contributed by atoms with Crippen LogP contribution in [0.2, 0.25) is 0 Å². The van der Waals surface area contributed by atoms with Crippen molar-refractivity contribution in [3.8, 4) is 6.07 Å². The lowest BCUT2D eigenvalue weighted by Gasteiger charge is -2.18. The van der Waals surface area contributed by atoms with Gasteiger partial charge >= 0.3 is 0 Å². The van der Waals surface area contributed by atoms with E-state index in [9.17, 15) is 18.5 Å². The Labute approximate surface area is 160 Å². The monoisotopic (exact) mass is 399 g/mol. The van der Waals surface area contributed by atoms with Crippen LogP contribution in [0.4, 0.5) is 5.69 Å². The van der Waals surface area contributed by atoms with E-state index in [0.717, 1.165) is 26.4 Å². The summed E-state index contributed by atoms with van der Waals surface area (Å²) in [5, 5.41) is 21.5. The molecule has 0 radical (unpaired) electrons. The normalized spacial score (nSPS) is 11.4. The van der Waals surface area contributed by atoms with E-state index in [4.69, 9.17) is 5.26 Å². The van der Waals surface area contributed by atoms with Crippen LogP contribution in [0.15, 0.2) is 76.5 Å². The van der Waals surface area contributed by atoms with Crippen molar-refractivity contribution < 1.29 is 13.3 Å². The number of hydrogen-bond donors (Lipinski definition) is 0. The number of non-ortho nitro benzene ring substituents is 1. The maximum Gasteiger partial charge on any atom is 0.269 e. The highest BCUT2D eigenvalue weighted by Gasteiger charge is 2.26. The van der Waals surface area contributed by atoms with Gasteiger partial charge in [-0.2, -0.15) is 5.26 Å². The second kappa shape index (κ2) is 7.75. The molecule has 0 aromatic heterocycles. The lowest BCUT2D eigenvalue weighted by molar-refractivity contribution is -0.384. The summed E-state index contributed by atoms with van der Waals surface area (Å²) in [7, 11) is -3.94. The summed E-state index contributed by atoms with van der Waals surface area (Å²) in [5.74, 6) is 0. The van der Waals surface area contributed by atoms with Crippen LogP contribution in [0, 0.1) is 21.4 Å². The van der Waals surface area contributed by atoms with Crippen molar-refractivity contribution in [2.75, 3.05) is 6.54 Å². The molecule has 0 fully saturated rings. The van der Waals surface area contributed by atoms with Crippen LogP contribution in [0.5, 0.6) is 0 Å². The Kier molecular flexibility index (Phi) is 5.41. The minimum Gasteiger partial charge on any atom is -0.258 e. The maximum absolute atomic E-state index is 13.0. The standard InChI is InChI=1S/C18H13N3O4S2/c19-11-12-20(26-17-8-6-16(7-9-17)21(22)23)27(24,25)18-10-5-14-3-1-2-4-15(14)13-18/h1-10,13H,12H2. The summed E-state index contributed by atoms with van der Waals surface area (Å²) in [6, 6.07) is 19.5. The molecule has 0 unspecified atom stereocenters.